The molecule has 1 fully saturated rings. The predicted octanol–water partition coefficient (Wildman–Crippen LogP) is 3.12. The van der Waals surface area contributed by atoms with Gasteiger partial charge in [-0.1, -0.05) is 45.7 Å². The Morgan fingerprint density at radius 2 is 1.67 bits per heavy atom. The summed E-state index contributed by atoms with van der Waals surface area (Å²) in [5, 5.41) is 10.1. The number of halogens is 3. The van der Waals surface area contributed by atoms with Crippen LogP contribution in [0.2, 0.25) is 0 Å². The lowest BCUT2D eigenvalue weighted by molar-refractivity contribution is -0.161. The van der Waals surface area contributed by atoms with Gasteiger partial charge in [0.25, 0.3) is 0 Å². The van der Waals surface area contributed by atoms with Crippen LogP contribution in [0, 0.1) is 11.8 Å². The minimum Gasteiger partial charge on any atom is -0.461 e. The quantitative estimate of drug-likeness (QED) is 0.0835. The van der Waals surface area contributed by atoms with Gasteiger partial charge >= 0.3 is 18.2 Å². The number of imide groups is 1. The van der Waals surface area contributed by atoms with E-state index >= 15 is 0 Å². The van der Waals surface area contributed by atoms with E-state index in [1.54, 1.807) is 45.0 Å². The standard InChI is InChI=1S/C32H47F3N6O7/c1-19(2)27(40-25(32(33,34)35)10-6-5-7-16-41-26(43)17-20(3)30(41)46)29(45)39-24(9-8-15-37-31(36)47)28(44)38-23-13-11-22(12-14-23)18-48-21(4)42/h11-14,19-20,24-25,27,40H,5-10,15-18H2,1-4H3,(H,38,44)(H,39,45)(H3,36,37,47)/t20?,24-,25?,27-/m0/s1. The highest BCUT2D eigenvalue weighted by molar-refractivity contribution is 6.03. The Hall–Kier alpha value is -4.21. The van der Waals surface area contributed by atoms with Crippen molar-refractivity contribution in [1.29, 1.82) is 0 Å². The van der Waals surface area contributed by atoms with E-state index in [4.69, 9.17) is 10.5 Å². The summed E-state index contributed by atoms with van der Waals surface area (Å²) >= 11 is 0. The van der Waals surface area contributed by atoms with Crippen LogP contribution in [0.3, 0.4) is 0 Å². The Labute approximate surface area is 278 Å². The molecule has 0 aromatic heterocycles. The summed E-state index contributed by atoms with van der Waals surface area (Å²) in [6, 6.07) is 1.12. The van der Waals surface area contributed by atoms with Gasteiger partial charge < -0.3 is 26.4 Å². The molecular formula is C32H47F3N6O7. The SMILES string of the molecule is CC(=O)OCc1ccc(NC(=O)[C@H](CCCNC(N)=O)NC(=O)[C@@H](NC(CCCCCN2C(=O)CC(C)C2=O)C(F)(F)F)C(C)C)cc1. The summed E-state index contributed by atoms with van der Waals surface area (Å²) in [6.07, 6.45) is -3.79. The first-order valence-corrected chi connectivity index (χ1v) is 16.0. The molecule has 2 rings (SSSR count). The number of unbranched alkanes of at least 4 members (excludes halogenated alkanes) is 2. The first-order chi connectivity index (χ1) is 22.5. The average molecular weight is 685 g/mol. The number of primary amides is 1. The second-order valence-corrected chi connectivity index (χ2v) is 12.3. The van der Waals surface area contributed by atoms with E-state index in [1.807, 2.05) is 0 Å². The lowest BCUT2D eigenvalue weighted by atomic mass is 9.99. The molecule has 1 aromatic carbocycles. The molecule has 0 radical (unpaired) electrons. The molecule has 6 N–H and O–H groups in total. The van der Waals surface area contributed by atoms with Crippen molar-refractivity contribution >= 4 is 41.3 Å². The van der Waals surface area contributed by atoms with Gasteiger partial charge in [-0.05, 0) is 49.3 Å². The van der Waals surface area contributed by atoms with Crippen molar-refractivity contribution in [3.63, 3.8) is 0 Å². The second kappa shape index (κ2) is 19.0. The maximum Gasteiger partial charge on any atom is 0.403 e. The molecule has 0 aliphatic carbocycles. The molecule has 1 heterocycles. The third-order valence-corrected chi connectivity index (χ3v) is 7.83. The molecular weight excluding hydrogens is 637 g/mol. The zero-order valence-corrected chi connectivity index (χ0v) is 27.8. The van der Waals surface area contributed by atoms with E-state index < -0.39 is 54.0 Å². The van der Waals surface area contributed by atoms with Crippen molar-refractivity contribution in [1.82, 2.24) is 20.9 Å². The van der Waals surface area contributed by atoms with Crippen molar-refractivity contribution in [3.8, 4) is 0 Å². The minimum atomic E-state index is -4.68. The second-order valence-electron chi connectivity index (χ2n) is 12.3. The number of anilines is 1. The third-order valence-electron chi connectivity index (χ3n) is 7.83. The molecule has 1 saturated heterocycles. The highest BCUT2D eigenvalue weighted by Gasteiger charge is 2.42. The van der Waals surface area contributed by atoms with Crippen molar-refractivity contribution < 1.29 is 46.7 Å². The minimum absolute atomic E-state index is 0.0384. The zero-order chi connectivity index (χ0) is 36.0. The van der Waals surface area contributed by atoms with Crippen molar-refractivity contribution in [3.05, 3.63) is 29.8 Å². The van der Waals surface area contributed by atoms with E-state index in [1.165, 1.54) is 6.92 Å². The summed E-state index contributed by atoms with van der Waals surface area (Å²) in [7, 11) is 0. The lowest BCUT2D eigenvalue weighted by Gasteiger charge is -2.30. The Morgan fingerprint density at radius 3 is 2.21 bits per heavy atom. The van der Waals surface area contributed by atoms with E-state index in [2.05, 4.69) is 21.3 Å². The highest BCUT2D eigenvalue weighted by atomic mass is 19.4. The fourth-order valence-corrected chi connectivity index (χ4v) is 5.15. The number of urea groups is 1. The molecule has 1 aromatic rings. The number of nitrogens with zero attached hydrogens (tertiary/aromatic N) is 1. The number of nitrogens with two attached hydrogens (primary N) is 1. The molecule has 1 aliphatic heterocycles. The van der Waals surface area contributed by atoms with Crippen molar-refractivity contribution in [2.75, 3.05) is 18.4 Å². The molecule has 48 heavy (non-hydrogen) atoms. The Balaban J connectivity index is 2.06. The predicted molar refractivity (Wildman–Crippen MR) is 170 cm³/mol. The molecule has 0 spiro atoms. The summed E-state index contributed by atoms with van der Waals surface area (Å²) in [4.78, 5) is 74.0. The molecule has 268 valence electrons. The number of amides is 6. The number of likely N-dealkylation sites (tertiary alicyclic amines) is 1. The first-order valence-electron chi connectivity index (χ1n) is 16.0. The normalized spacial score (nSPS) is 16.8. The summed E-state index contributed by atoms with van der Waals surface area (Å²) in [5.74, 6) is -3.42. The van der Waals surface area contributed by atoms with Crippen molar-refractivity contribution in [2.45, 2.75) is 104 Å². The van der Waals surface area contributed by atoms with Gasteiger partial charge in [0.2, 0.25) is 23.6 Å². The van der Waals surface area contributed by atoms with Gasteiger partial charge in [-0.3, -0.25) is 34.2 Å². The van der Waals surface area contributed by atoms with E-state index in [0.29, 0.717) is 24.1 Å². The number of benzene rings is 1. The number of rotatable bonds is 19. The van der Waals surface area contributed by atoms with Crippen LogP contribution in [-0.4, -0.2) is 77.9 Å². The number of hydrogen-bond donors (Lipinski definition) is 5. The van der Waals surface area contributed by atoms with Crippen molar-refractivity contribution in [2.24, 2.45) is 17.6 Å². The van der Waals surface area contributed by atoms with E-state index in [-0.39, 0.29) is 69.5 Å². The number of esters is 1. The van der Waals surface area contributed by atoms with Crippen LogP contribution in [0.5, 0.6) is 0 Å². The van der Waals surface area contributed by atoms with Gasteiger partial charge in [0.05, 0.1) is 6.04 Å². The Morgan fingerprint density at radius 1 is 1.00 bits per heavy atom. The fourth-order valence-electron chi connectivity index (χ4n) is 5.15. The van der Waals surface area contributed by atoms with Gasteiger partial charge in [-0.2, -0.15) is 13.2 Å². The van der Waals surface area contributed by atoms with E-state index in [0.717, 1.165) is 4.90 Å². The number of ether oxygens (including phenoxy) is 1. The van der Waals surface area contributed by atoms with Crippen LogP contribution >= 0.6 is 0 Å². The molecule has 1 aliphatic rings. The summed E-state index contributed by atoms with van der Waals surface area (Å²) in [6.45, 7) is 6.39. The number of nitrogens with one attached hydrogen (secondary N) is 4. The van der Waals surface area contributed by atoms with Crippen LogP contribution in [0.25, 0.3) is 0 Å². The molecule has 16 heteroatoms. The lowest BCUT2D eigenvalue weighted by Crippen LogP contribution is -2.58. The van der Waals surface area contributed by atoms with Gasteiger partial charge in [-0.25, -0.2) is 4.79 Å². The largest absolute Gasteiger partial charge is 0.461 e. The monoisotopic (exact) mass is 684 g/mol. The van der Waals surface area contributed by atoms with Gasteiger partial charge in [0.1, 0.15) is 18.7 Å². The van der Waals surface area contributed by atoms with Gasteiger partial charge in [-0.15, -0.1) is 0 Å². The highest BCUT2D eigenvalue weighted by Crippen LogP contribution is 2.26. The molecule has 0 bridgehead atoms. The fraction of sp³-hybridized carbons (Fsp3) is 0.625. The third kappa shape index (κ3) is 13.5. The van der Waals surface area contributed by atoms with Crippen LogP contribution in [0.1, 0.15) is 78.2 Å². The smallest absolute Gasteiger partial charge is 0.403 e. The average Bonchev–Trinajstić information content (AvgIpc) is 3.24. The molecule has 6 amide bonds. The summed E-state index contributed by atoms with van der Waals surface area (Å²) < 4.78 is 47.2. The number of carbonyl (C=O) groups excluding carboxylic acids is 6. The van der Waals surface area contributed by atoms with Gasteiger partial charge in [0, 0.05) is 38.0 Å². The number of alkyl halides is 3. The number of hydrogen-bond acceptors (Lipinski definition) is 8. The Kier molecular flexibility index (Phi) is 15.8. The molecule has 2 unspecified atom stereocenters. The van der Waals surface area contributed by atoms with Gasteiger partial charge in [0.15, 0.2) is 0 Å². The molecule has 13 nitrogen and oxygen atoms in total. The van der Waals surface area contributed by atoms with Crippen LogP contribution < -0.4 is 27.0 Å². The summed E-state index contributed by atoms with van der Waals surface area (Å²) in [5.41, 5.74) is 6.13. The zero-order valence-electron chi connectivity index (χ0n) is 27.8. The number of carbonyl (C=O) groups is 6. The molecule has 0 saturated carbocycles. The maximum absolute atomic E-state index is 14.1. The van der Waals surface area contributed by atoms with Crippen LogP contribution in [0.15, 0.2) is 24.3 Å². The maximum atomic E-state index is 14.1. The topological polar surface area (TPSA) is 189 Å². The van der Waals surface area contributed by atoms with Crippen LogP contribution in [-0.2, 0) is 35.3 Å². The Bertz CT molecular complexity index is 1280. The molecule has 4 atom stereocenters. The van der Waals surface area contributed by atoms with E-state index in [9.17, 15) is 41.9 Å². The first kappa shape index (κ1) is 40.0. The van der Waals surface area contributed by atoms with Crippen LogP contribution in [0.4, 0.5) is 23.7 Å².